The van der Waals surface area contributed by atoms with Gasteiger partial charge < -0.3 is 5.32 Å². The minimum Gasteiger partial charge on any atom is -0.349 e. The van der Waals surface area contributed by atoms with Crippen LogP contribution in [0.1, 0.15) is 29.8 Å². The first kappa shape index (κ1) is 12.2. The predicted octanol–water partition coefficient (Wildman–Crippen LogP) is -0.221. The Hall–Kier alpha value is -2.25. The van der Waals surface area contributed by atoms with E-state index in [-0.39, 0.29) is 11.7 Å². The second kappa shape index (κ2) is 5.89. The quantitative estimate of drug-likeness (QED) is 0.689. The number of nitrogens with zero attached hydrogens (tertiary/aromatic N) is 5. The fraction of sp³-hybridized carbons (Fsp3) is 0.500. The summed E-state index contributed by atoms with van der Waals surface area (Å²) in [5.41, 5.74) is 0. The van der Waals surface area contributed by atoms with Crippen LogP contribution in [0.25, 0.3) is 0 Å². The van der Waals surface area contributed by atoms with Crippen LogP contribution in [0.5, 0.6) is 0 Å². The van der Waals surface area contributed by atoms with Gasteiger partial charge in [-0.3, -0.25) is 14.6 Å². The summed E-state index contributed by atoms with van der Waals surface area (Å²) in [5.74, 6) is 0.639. The second-order valence-electron chi connectivity index (χ2n) is 3.73. The maximum atomic E-state index is 11.6. The highest BCUT2D eigenvalue weighted by atomic mass is 16.2. The largest absolute Gasteiger partial charge is 0.349 e. The number of hydrogen-bond acceptors (Lipinski definition) is 5. The topological polar surface area (TPSA) is 101 Å². The molecule has 0 fully saturated rings. The first-order valence-electron chi connectivity index (χ1n) is 5.83. The van der Waals surface area contributed by atoms with Crippen molar-refractivity contribution < 1.29 is 4.79 Å². The van der Waals surface area contributed by atoms with Crippen molar-refractivity contribution in [2.24, 2.45) is 0 Å². The zero-order valence-corrected chi connectivity index (χ0v) is 10.1. The van der Waals surface area contributed by atoms with E-state index in [9.17, 15) is 4.79 Å². The molecular weight excluding hydrogens is 234 g/mol. The van der Waals surface area contributed by atoms with Gasteiger partial charge in [0.1, 0.15) is 5.82 Å². The third-order valence-electron chi connectivity index (χ3n) is 2.39. The van der Waals surface area contributed by atoms with Gasteiger partial charge in [0.2, 0.25) is 5.82 Å². The van der Waals surface area contributed by atoms with Gasteiger partial charge in [-0.15, -0.1) is 10.2 Å². The van der Waals surface area contributed by atoms with Gasteiger partial charge in [-0.2, -0.15) is 0 Å². The predicted molar refractivity (Wildman–Crippen MR) is 62.7 cm³/mol. The lowest BCUT2D eigenvalue weighted by Gasteiger charge is -2.02. The molecule has 2 rings (SSSR count). The first-order chi connectivity index (χ1) is 8.79. The maximum absolute atomic E-state index is 11.6. The smallest absolute Gasteiger partial charge is 0.290 e. The lowest BCUT2D eigenvalue weighted by molar-refractivity contribution is 0.0942. The number of aryl methyl sites for hydroxylation is 2. The Labute approximate surface area is 104 Å². The number of carbonyl (C=O) groups is 1. The van der Waals surface area contributed by atoms with E-state index >= 15 is 0 Å². The monoisotopic (exact) mass is 249 g/mol. The first-order valence-corrected chi connectivity index (χ1v) is 5.83. The van der Waals surface area contributed by atoms with Crippen molar-refractivity contribution in [3.8, 4) is 0 Å². The average Bonchev–Trinajstić information content (AvgIpc) is 3.05. The van der Waals surface area contributed by atoms with Gasteiger partial charge in [-0.05, 0) is 6.42 Å². The zero-order valence-electron chi connectivity index (χ0n) is 10.1. The third-order valence-corrected chi connectivity index (χ3v) is 2.39. The molecule has 0 aliphatic heterocycles. The Morgan fingerprint density at radius 3 is 3.11 bits per heavy atom. The van der Waals surface area contributed by atoms with E-state index < -0.39 is 0 Å². The van der Waals surface area contributed by atoms with Crippen molar-refractivity contribution in [1.82, 2.24) is 35.5 Å². The van der Waals surface area contributed by atoms with Crippen LogP contribution in [0, 0.1) is 0 Å². The minimum atomic E-state index is -0.260. The van der Waals surface area contributed by atoms with E-state index in [0.29, 0.717) is 18.9 Å². The average molecular weight is 249 g/mol. The van der Waals surface area contributed by atoms with Crippen LogP contribution in [-0.4, -0.2) is 42.6 Å². The molecule has 0 atom stereocenters. The summed E-state index contributed by atoms with van der Waals surface area (Å²) >= 11 is 0. The molecule has 0 bridgehead atoms. The molecule has 0 spiro atoms. The molecule has 2 heterocycles. The van der Waals surface area contributed by atoms with E-state index in [4.69, 9.17) is 0 Å². The minimum absolute atomic E-state index is 0.188. The molecule has 2 aromatic heterocycles. The number of amides is 1. The Kier molecular flexibility index (Phi) is 4.00. The molecule has 0 radical (unpaired) electrons. The maximum Gasteiger partial charge on any atom is 0.290 e. The molecule has 0 saturated heterocycles. The fourth-order valence-electron chi connectivity index (χ4n) is 1.43. The van der Waals surface area contributed by atoms with Crippen LogP contribution >= 0.6 is 0 Å². The van der Waals surface area contributed by atoms with Gasteiger partial charge >= 0.3 is 0 Å². The Morgan fingerprint density at radius 1 is 1.56 bits per heavy atom. The number of aromatic amines is 1. The lowest BCUT2D eigenvalue weighted by Crippen LogP contribution is -2.26. The van der Waals surface area contributed by atoms with Gasteiger partial charge in [-0.25, -0.2) is 4.98 Å². The molecule has 0 unspecified atom stereocenters. The van der Waals surface area contributed by atoms with Gasteiger partial charge in [0, 0.05) is 25.7 Å². The van der Waals surface area contributed by atoms with E-state index in [1.807, 2.05) is 6.92 Å². The van der Waals surface area contributed by atoms with Crippen molar-refractivity contribution in [2.75, 3.05) is 6.54 Å². The van der Waals surface area contributed by atoms with E-state index in [1.165, 1.54) is 0 Å². The van der Waals surface area contributed by atoms with Gasteiger partial charge in [0.25, 0.3) is 5.91 Å². The number of hydrogen-bond donors (Lipinski definition) is 2. The molecule has 18 heavy (non-hydrogen) atoms. The van der Waals surface area contributed by atoms with Crippen LogP contribution < -0.4 is 5.32 Å². The normalized spacial score (nSPS) is 10.5. The van der Waals surface area contributed by atoms with E-state index in [0.717, 1.165) is 12.8 Å². The summed E-state index contributed by atoms with van der Waals surface area (Å²) in [6.07, 6.45) is 4.91. The molecule has 0 saturated carbocycles. The number of H-pyrrole nitrogens is 1. The van der Waals surface area contributed by atoms with Crippen LogP contribution in [0.3, 0.4) is 0 Å². The second-order valence-corrected chi connectivity index (χ2v) is 3.73. The summed E-state index contributed by atoms with van der Waals surface area (Å²) in [6, 6.07) is 0. The van der Waals surface area contributed by atoms with Crippen LogP contribution in [0.2, 0.25) is 0 Å². The highest BCUT2D eigenvalue weighted by molar-refractivity contribution is 5.90. The van der Waals surface area contributed by atoms with Crippen LogP contribution in [0.15, 0.2) is 12.4 Å². The molecule has 1 amide bonds. The van der Waals surface area contributed by atoms with Crippen LogP contribution in [-0.2, 0) is 13.0 Å². The molecule has 0 aromatic carbocycles. The van der Waals surface area contributed by atoms with Gasteiger partial charge in [-0.1, -0.05) is 12.1 Å². The number of aromatic nitrogens is 6. The molecule has 2 aromatic rings. The summed E-state index contributed by atoms with van der Waals surface area (Å²) in [6.45, 7) is 3.21. The molecule has 2 N–H and O–H groups in total. The Bertz CT molecular complexity index is 490. The summed E-state index contributed by atoms with van der Waals surface area (Å²) in [4.78, 5) is 15.7. The van der Waals surface area contributed by atoms with Crippen LogP contribution in [0.4, 0.5) is 0 Å². The Balaban J connectivity index is 1.71. The number of nitrogens with one attached hydrogen (secondary N) is 2. The number of carbonyl (C=O) groups excluding carboxylic acids is 1. The molecule has 8 nitrogen and oxygen atoms in total. The lowest BCUT2D eigenvalue weighted by atomic mass is 10.4. The summed E-state index contributed by atoms with van der Waals surface area (Å²) in [5, 5.41) is 16.8. The molecule has 8 heteroatoms. The molecular formula is C10H15N7O. The summed E-state index contributed by atoms with van der Waals surface area (Å²) < 4.78 is 1.72. The van der Waals surface area contributed by atoms with Gasteiger partial charge in [0.15, 0.2) is 0 Å². The van der Waals surface area contributed by atoms with E-state index in [1.54, 1.807) is 17.1 Å². The van der Waals surface area contributed by atoms with Gasteiger partial charge in [0.05, 0.1) is 6.20 Å². The van der Waals surface area contributed by atoms with Crippen molar-refractivity contribution in [3.63, 3.8) is 0 Å². The standard InChI is InChI=1S/C10H15N7O/c1-2-8-13-9(15-14-8)10(18)11-4-3-6-17-7-5-12-16-17/h5,7H,2-4,6H2,1H3,(H,11,18)(H,13,14,15). The highest BCUT2D eigenvalue weighted by Gasteiger charge is 2.10. The van der Waals surface area contributed by atoms with E-state index in [2.05, 4.69) is 30.8 Å². The summed E-state index contributed by atoms with van der Waals surface area (Å²) in [7, 11) is 0. The SMILES string of the molecule is CCc1nc(C(=O)NCCCn2ccnn2)n[nH]1. The fourth-order valence-corrected chi connectivity index (χ4v) is 1.43. The molecule has 96 valence electrons. The zero-order chi connectivity index (χ0) is 12.8. The number of rotatable bonds is 6. The van der Waals surface area contributed by atoms with Crippen molar-refractivity contribution in [3.05, 3.63) is 24.0 Å². The van der Waals surface area contributed by atoms with Crippen molar-refractivity contribution >= 4 is 5.91 Å². The molecule has 0 aliphatic rings. The third kappa shape index (κ3) is 3.12. The van der Waals surface area contributed by atoms with Crippen molar-refractivity contribution in [1.29, 1.82) is 0 Å². The highest BCUT2D eigenvalue weighted by Crippen LogP contribution is 1.93. The van der Waals surface area contributed by atoms with Crippen molar-refractivity contribution in [2.45, 2.75) is 26.3 Å². The Morgan fingerprint density at radius 2 is 2.44 bits per heavy atom. The molecule has 0 aliphatic carbocycles.